The third-order valence-electron chi connectivity index (χ3n) is 3.90. The van der Waals surface area contributed by atoms with Crippen LogP contribution in [0, 0.1) is 0 Å². The molecule has 1 fully saturated rings. The molecular weight excluding hydrogens is 266 g/mol. The van der Waals surface area contributed by atoms with Crippen molar-refractivity contribution in [2.75, 3.05) is 20.3 Å². The Bertz CT molecular complexity index is 577. The largest absolute Gasteiger partial charge is 0.384 e. The predicted molar refractivity (Wildman–Crippen MR) is 70.2 cm³/mol. The molecule has 1 atom stereocenters. The molecule has 2 heterocycles. The Labute approximate surface area is 113 Å². The molecule has 1 saturated carbocycles. The van der Waals surface area contributed by atoms with Crippen LogP contribution in [0.15, 0.2) is 6.20 Å². The van der Waals surface area contributed by atoms with Crippen LogP contribution < -0.4 is 0 Å². The average Bonchev–Trinajstić information content (AvgIpc) is 3.15. The van der Waals surface area contributed by atoms with Crippen molar-refractivity contribution in [2.45, 2.75) is 30.6 Å². The van der Waals surface area contributed by atoms with E-state index in [4.69, 9.17) is 4.74 Å². The molecule has 19 heavy (non-hydrogen) atoms. The van der Waals surface area contributed by atoms with Gasteiger partial charge in [0.15, 0.2) is 0 Å². The molecule has 0 amide bonds. The van der Waals surface area contributed by atoms with Gasteiger partial charge in [-0.2, -0.15) is 9.40 Å². The Morgan fingerprint density at radius 2 is 2.21 bits per heavy atom. The second-order valence-corrected chi connectivity index (χ2v) is 7.58. The lowest BCUT2D eigenvalue weighted by Crippen LogP contribution is -2.41. The minimum atomic E-state index is -3.13. The van der Waals surface area contributed by atoms with E-state index >= 15 is 0 Å². The van der Waals surface area contributed by atoms with Gasteiger partial charge in [0, 0.05) is 44.4 Å². The van der Waals surface area contributed by atoms with Crippen molar-refractivity contribution in [1.82, 2.24) is 14.1 Å². The molecule has 6 nitrogen and oxygen atoms in total. The summed E-state index contributed by atoms with van der Waals surface area (Å²) >= 11 is 0. The molecule has 1 aromatic heterocycles. The lowest BCUT2D eigenvalue weighted by Gasteiger charge is -2.32. The van der Waals surface area contributed by atoms with Gasteiger partial charge in [0.25, 0.3) is 0 Å². The molecule has 1 aliphatic heterocycles. The highest BCUT2D eigenvalue weighted by atomic mass is 32.2. The van der Waals surface area contributed by atoms with Gasteiger partial charge in [0.05, 0.1) is 18.1 Å². The molecular formula is C12H19N3O3S. The topological polar surface area (TPSA) is 64.4 Å². The van der Waals surface area contributed by atoms with Crippen LogP contribution in [0.2, 0.25) is 0 Å². The maximum Gasteiger partial charge on any atom is 0.217 e. The summed E-state index contributed by atoms with van der Waals surface area (Å²) in [6.45, 7) is 1.46. The Morgan fingerprint density at radius 3 is 2.84 bits per heavy atom. The highest BCUT2D eigenvalue weighted by molar-refractivity contribution is 7.90. The Morgan fingerprint density at radius 1 is 1.47 bits per heavy atom. The number of sulfonamides is 1. The van der Waals surface area contributed by atoms with Crippen LogP contribution in [-0.4, -0.2) is 48.0 Å². The van der Waals surface area contributed by atoms with E-state index in [2.05, 4.69) is 5.10 Å². The summed E-state index contributed by atoms with van der Waals surface area (Å²) in [5.74, 6) is 0.0646. The molecule has 106 valence electrons. The molecule has 7 heteroatoms. The van der Waals surface area contributed by atoms with E-state index in [0.29, 0.717) is 19.7 Å². The number of rotatable bonds is 4. The van der Waals surface area contributed by atoms with Gasteiger partial charge in [-0.25, -0.2) is 8.42 Å². The second-order valence-electron chi connectivity index (χ2n) is 5.37. The van der Waals surface area contributed by atoms with Gasteiger partial charge in [-0.15, -0.1) is 0 Å². The number of aryl methyl sites for hydroxylation is 1. The molecule has 0 spiro atoms. The van der Waals surface area contributed by atoms with Crippen molar-refractivity contribution >= 4 is 10.0 Å². The third-order valence-corrected chi connectivity index (χ3v) is 6.21. The second kappa shape index (κ2) is 4.57. The molecule has 0 saturated heterocycles. The molecule has 0 unspecified atom stereocenters. The molecule has 2 aliphatic rings. The van der Waals surface area contributed by atoms with Crippen LogP contribution in [0.3, 0.4) is 0 Å². The maximum absolute atomic E-state index is 12.4. The summed E-state index contributed by atoms with van der Waals surface area (Å²) < 4.78 is 33.4. The highest BCUT2D eigenvalue weighted by Crippen LogP contribution is 2.36. The number of aromatic nitrogens is 2. The summed E-state index contributed by atoms with van der Waals surface area (Å²) in [7, 11) is 0.406. The minimum absolute atomic E-state index is 0.0646. The first-order valence-electron chi connectivity index (χ1n) is 6.52. The van der Waals surface area contributed by atoms with Crippen molar-refractivity contribution in [2.24, 2.45) is 7.05 Å². The van der Waals surface area contributed by atoms with E-state index in [0.717, 1.165) is 24.1 Å². The van der Waals surface area contributed by atoms with Gasteiger partial charge < -0.3 is 4.74 Å². The van der Waals surface area contributed by atoms with E-state index in [1.807, 2.05) is 11.7 Å². The number of ether oxygens (including phenoxy) is 1. The van der Waals surface area contributed by atoms with Gasteiger partial charge in [0.2, 0.25) is 10.0 Å². The van der Waals surface area contributed by atoms with Crippen LogP contribution in [-0.2, 0) is 28.4 Å². The SMILES string of the molecule is COC[C@@H]1CN(S(=O)(=O)C2CC2)Cc2cnn(C)c21. The van der Waals surface area contributed by atoms with Crippen molar-refractivity contribution in [1.29, 1.82) is 0 Å². The van der Waals surface area contributed by atoms with Crippen LogP contribution in [0.4, 0.5) is 0 Å². The van der Waals surface area contributed by atoms with E-state index in [-0.39, 0.29) is 11.2 Å². The number of nitrogens with zero attached hydrogens (tertiary/aromatic N) is 3. The summed E-state index contributed by atoms with van der Waals surface area (Å²) in [6, 6.07) is 0. The van der Waals surface area contributed by atoms with Gasteiger partial charge >= 0.3 is 0 Å². The third kappa shape index (κ3) is 2.19. The number of hydrogen-bond acceptors (Lipinski definition) is 4. The normalized spacial score (nSPS) is 24.4. The fourth-order valence-corrected chi connectivity index (χ4v) is 4.69. The Balaban J connectivity index is 1.92. The van der Waals surface area contributed by atoms with E-state index in [1.54, 1.807) is 17.6 Å². The minimum Gasteiger partial charge on any atom is -0.384 e. The first-order valence-corrected chi connectivity index (χ1v) is 8.03. The highest BCUT2D eigenvalue weighted by Gasteiger charge is 2.43. The number of hydrogen-bond donors (Lipinski definition) is 0. The molecule has 0 N–H and O–H groups in total. The lowest BCUT2D eigenvalue weighted by atomic mass is 9.99. The van der Waals surface area contributed by atoms with Crippen LogP contribution >= 0.6 is 0 Å². The maximum atomic E-state index is 12.4. The molecule has 0 bridgehead atoms. The molecule has 0 aromatic carbocycles. The van der Waals surface area contributed by atoms with Gasteiger partial charge in [-0.05, 0) is 12.8 Å². The fourth-order valence-electron chi connectivity index (χ4n) is 2.83. The first kappa shape index (κ1) is 13.1. The number of fused-ring (bicyclic) bond motifs is 1. The monoisotopic (exact) mass is 285 g/mol. The quantitative estimate of drug-likeness (QED) is 0.806. The molecule has 1 aliphatic carbocycles. The number of methoxy groups -OCH3 is 1. The van der Waals surface area contributed by atoms with Gasteiger partial charge in [-0.3, -0.25) is 4.68 Å². The summed E-state index contributed by atoms with van der Waals surface area (Å²) in [4.78, 5) is 0. The summed E-state index contributed by atoms with van der Waals surface area (Å²) in [6.07, 6.45) is 3.37. The smallest absolute Gasteiger partial charge is 0.217 e. The molecule has 0 radical (unpaired) electrons. The van der Waals surface area contributed by atoms with Crippen molar-refractivity contribution in [3.05, 3.63) is 17.5 Å². The molecule has 3 rings (SSSR count). The van der Waals surface area contributed by atoms with Crippen molar-refractivity contribution in [3.63, 3.8) is 0 Å². The zero-order valence-corrected chi connectivity index (χ0v) is 12.1. The average molecular weight is 285 g/mol. The zero-order valence-electron chi connectivity index (χ0n) is 11.2. The van der Waals surface area contributed by atoms with Crippen LogP contribution in [0.5, 0.6) is 0 Å². The summed E-state index contributed by atoms with van der Waals surface area (Å²) in [5.41, 5.74) is 2.10. The standard InChI is InChI=1S/C12H19N3O3S/c1-14-12-9(5-13-14)6-15(7-10(12)8-18-2)19(16,17)11-3-4-11/h5,10-11H,3-4,6-8H2,1-2H3/t10-/m0/s1. The fraction of sp³-hybridized carbons (Fsp3) is 0.750. The van der Waals surface area contributed by atoms with E-state index < -0.39 is 10.0 Å². The van der Waals surface area contributed by atoms with Crippen LogP contribution in [0.25, 0.3) is 0 Å². The molecule has 1 aromatic rings. The first-order chi connectivity index (χ1) is 9.04. The van der Waals surface area contributed by atoms with Crippen LogP contribution in [0.1, 0.15) is 30.0 Å². The summed E-state index contributed by atoms with van der Waals surface area (Å²) in [5, 5.41) is 4.09. The Kier molecular flexibility index (Phi) is 3.15. The van der Waals surface area contributed by atoms with E-state index in [1.165, 1.54) is 0 Å². The predicted octanol–water partition coefficient (Wildman–Crippen LogP) is 0.458. The van der Waals surface area contributed by atoms with Crippen molar-refractivity contribution < 1.29 is 13.2 Å². The Hall–Kier alpha value is -0.920. The van der Waals surface area contributed by atoms with Crippen molar-refractivity contribution in [3.8, 4) is 0 Å². The van der Waals surface area contributed by atoms with E-state index in [9.17, 15) is 8.42 Å². The van der Waals surface area contributed by atoms with Gasteiger partial charge in [0.1, 0.15) is 0 Å². The van der Waals surface area contributed by atoms with Gasteiger partial charge in [-0.1, -0.05) is 0 Å². The zero-order chi connectivity index (χ0) is 13.6. The lowest BCUT2D eigenvalue weighted by molar-refractivity contribution is 0.159.